The van der Waals surface area contributed by atoms with E-state index in [1.54, 1.807) is 11.3 Å². The average molecular weight is 385 g/mol. The topological polar surface area (TPSA) is 59.8 Å². The molecular weight excluding hydrogens is 364 g/mol. The Balaban J connectivity index is 1.42. The van der Waals surface area contributed by atoms with Gasteiger partial charge < -0.3 is 5.32 Å². The normalized spacial score (nSPS) is 13.7. The summed E-state index contributed by atoms with van der Waals surface area (Å²) in [5, 5.41) is 14.5. The highest BCUT2D eigenvalue weighted by molar-refractivity contribution is 7.99. The molecule has 5 nitrogen and oxygen atoms in total. The average Bonchev–Trinajstić information content (AvgIpc) is 3.18. The summed E-state index contributed by atoms with van der Waals surface area (Å²) in [7, 11) is 0. The van der Waals surface area contributed by atoms with Gasteiger partial charge in [0.05, 0.1) is 10.6 Å². The molecule has 0 aliphatic heterocycles. The summed E-state index contributed by atoms with van der Waals surface area (Å²) in [6.45, 7) is 2.12. The minimum atomic E-state index is -0.0257. The highest BCUT2D eigenvalue weighted by atomic mass is 32.2. The number of thiophene rings is 1. The fourth-order valence-corrected chi connectivity index (χ4v) is 4.27. The van der Waals surface area contributed by atoms with Gasteiger partial charge in [-0.2, -0.15) is 0 Å². The number of nitrogens with zero attached hydrogens (tertiary/aromatic N) is 3. The number of hydrogen-bond acceptors (Lipinski definition) is 5. The van der Waals surface area contributed by atoms with Crippen LogP contribution in [0.3, 0.4) is 0 Å². The molecule has 1 saturated carbocycles. The van der Waals surface area contributed by atoms with Gasteiger partial charge in [-0.15, -0.1) is 21.5 Å². The van der Waals surface area contributed by atoms with Crippen LogP contribution in [0.2, 0.25) is 0 Å². The van der Waals surface area contributed by atoms with Crippen LogP contribution in [0.5, 0.6) is 0 Å². The molecule has 1 fully saturated rings. The number of benzene rings is 1. The van der Waals surface area contributed by atoms with Crippen molar-refractivity contribution in [2.45, 2.75) is 37.4 Å². The van der Waals surface area contributed by atoms with E-state index >= 15 is 0 Å². The molecule has 134 valence electrons. The van der Waals surface area contributed by atoms with Crippen LogP contribution in [0.1, 0.15) is 31.4 Å². The number of thioether (sulfide) groups is 1. The van der Waals surface area contributed by atoms with Crippen molar-refractivity contribution in [1.82, 2.24) is 14.8 Å². The number of nitrogens with one attached hydrogen (secondary N) is 1. The van der Waals surface area contributed by atoms with Crippen LogP contribution in [0.4, 0.5) is 5.69 Å². The predicted octanol–water partition coefficient (Wildman–Crippen LogP) is 4.63. The van der Waals surface area contributed by atoms with Crippen molar-refractivity contribution in [3.63, 3.8) is 0 Å². The van der Waals surface area contributed by atoms with Gasteiger partial charge in [-0.1, -0.05) is 36.9 Å². The number of aromatic nitrogens is 3. The number of hydrogen-bond donors (Lipinski definition) is 1. The van der Waals surface area contributed by atoms with E-state index in [0.717, 1.165) is 40.8 Å². The molecule has 1 amide bonds. The molecule has 7 heteroatoms. The van der Waals surface area contributed by atoms with Crippen molar-refractivity contribution in [3.05, 3.63) is 47.3 Å². The van der Waals surface area contributed by atoms with E-state index in [0.29, 0.717) is 11.8 Å². The first-order valence-electron chi connectivity index (χ1n) is 8.75. The molecule has 2 aromatic heterocycles. The minimum Gasteiger partial charge on any atom is -0.325 e. The Morgan fingerprint density at radius 2 is 2.08 bits per heavy atom. The molecule has 0 atom stereocenters. The Morgan fingerprint density at radius 3 is 2.73 bits per heavy atom. The highest BCUT2D eigenvalue weighted by Crippen LogP contribution is 2.41. The molecule has 1 N–H and O–H groups in total. The smallest absolute Gasteiger partial charge is 0.234 e. The Hall–Kier alpha value is -2.12. The zero-order valence-electron chi connectivity index (χ0n) is 14.5. The number of aryl methyl sites for hydroxylation is 1. The molecular formula is C19H20N4OS2. The monoisotopic (exact) mass is 384 g/mol. The second-order valence-corrected chi connectivity index (χ2v) is 8.16. The summed E-state index contributed by atoms with van der Waals surface area (Å²) in [5.74, 6) is 1.22. The lowest BCUT2D eigenvalue weighted by Crippen LogP contribution is -2.14. The summed E-state index contributed by atoms with van der Waals surface area (Å²) < 4.78 is 2.19. The van der Waals surface area contributed by atoms with E-state index in [1.807, 2.05) is 35.7 Å². The third-order valence-electron chi connectivity index (χ3n) is 4.30. The Bertz CT molecular complexity index is 883. The SMILES string of the molecule is CCc1ccc(NC(=O)CSc2nnc(-c3cccs3)n2C2CC2)cc1. The van der Waals surface area contributed by atoms with Gasteiger partial charge in [0.2, 0.25) is 5.91 Å². The standard InChI is InChI=1S/C19H20N4OS2/c1-2-13-5-7-14(8-6-13)20-17(24)12-26-19-22-21-18(16-4-3-11-25-16)23(19)15-9-10-15/h3-8,11,15H,2,9-10,12H2,1H3,(H,20,24). The Labute approximate surface area is 160 Å². The maximum Gasteiger partial charge on any atom is 0.234 e. The van der Waals surface area contributed by atoms with Crippen molar-refractivity contribution >= 4 is 34.7 Å². The second-order valence-electron chi connectivity index (χ2n) is 6.27. The molecule has 0 spiro atoms. The first-order chi connectivity index (χ1) is 12.7. The number of carbonyl (C=O) groups is 1. The molecule has 4 rings (SSSR count). The quantitative estimate of drug-likeness (QED) is 0.603. The fourth-order valence-electron chi connectivity index (χ4n) is 2.76. The third-order valence-corrected chi connectivity index (χ3v) is 6.11. The van der Waals surface area contributed by atoms with Gasteiger partial charge in [-0.3, -0.25) is 9.36 Å². The van der Waals surface area contributed by atoms with Gasteiger partial charge in [-0.25, -0.2) is 0 Å². The van der Waals surface area contributed by atoms with E-state index in [9.17, 15) is 4.79 Å². The molecule has 2 heterocycles. The first kappa shape index (κ1) is 17.3. The fraction of sp³-hybridized carbons (Fsp3) is 0.316. The number of anilines is 1. The van der Waals surface area contributed by atoms with E-state index < -0.39 is 0 Å². The Kier molecular flexibility index (Phi) is 5.08. The number of amides is 1. The zero-order chi connectivity index (χ0) is 17.9. The molecule has 0 unspecified atom stereocenters. The predicted molar refractivity (Wildman–Crippen MR) is 107 cm³/mol. The van der Waals surface area contributed by atoms with Gasteiger partial charge in [0.1, 0.15) is 0 Å². The van der Waals surface area contributed by atoms with Gasteiger partial charge in [0.25, 0.3) is 0 Å². The van der Waals surface area contributed by atoms with Crippen LogP contribution in [0.15, 0.2) is 46.9 Å². The van der Waals surface area contributed by atoms with E-state index in [4.69, 9.17) is 0 Å². The lowest BCUT2D eigenvalue weighted by atomic mass is 10.1. The molecule has 1 aliphatic carbocycles. The first-order valence-corrected chi connectivity index (χ1v) is 10.6. The molecule has 1 aromatic carbocycles. The van der Waals surface area contributed by atoms with Crippen LogP contribution >= 0.6 is 23.1 Å². The summed E-state index contributed by atoms with van der Waals surface area (Å²) in [6, 6.07) is 12.5. The number of carbonyl (C=O) groups excluding carboxylic acids is 1. The summed E-state index contributed by atoms with van der Waals surface area (Å²) >= 11 is 3.12. The van der Waals surface area contributed by atoms with Crippen molar-refractivity contribution < 1.29 is 4.79 Å². The summed E-state index contributed by atoms with van der Waals surface area (Å²) in [5.41, 5.74) is 2.09. The second kappa shape index (κ2) is 7.63. The largest absolute Gasteiger partial charge is 0.325 e. The maximum atomic E-state index is 12.3. The Morgan fingerprint density at radius 1 is 1.27 bits per heavy atom. The lowest BCUT2D eigenvalue weighted by molar-refractivity contribution is -0.113. The molecule has 3 aromatic rings. The summed E-state index contributed by atoms with van der Waals surface area (Å²) in [6.07, 6.45) is 3.30. The summed E-state index contributed by atoms with van der Waals surface area (Å²) in [4.78, 5) is 13.4. The van der Waals surface area contributed by atoms with Gasteiger partial charge in [-0.05, 0) is 48.4 Å². The van der Waals surface area contributed by atoms with Crippen LogP contribution in [-0.4, -0.2) is 26.4 Å². The third kappa shape index (κ3) is 3.83. The molecule has 0 saturated heterocycles. The van der Waals surface area contributed by atoms with Crippen LogP contribution in [0, 0.1) is 0 Å². The van der Waals surface area contributed by atoms with Crippen molar-refractivity contribution in [1.29, 1.82) is 0 Å². The van der Waals surface area contributed by atoms with Gasteiger partial charge in [0.15, 0.2) is 11.0 Å². The van der Waals surface area contributed by atoms with Crippen LogP contribution < -0.4 is 5.32 Å². The highest BCUT2D eigenvalue weighted by Gasteiger charge is 2.30. The van der Waals surface area contributed by atoms with Gasteiger partial charge >= 0.3 is 0 Å². The van der Waals surface area contributed by atoms with E-state index in [-0.39, 0.29) is 5.91 Å². The van der Waals surface area contributed by atoms with Crippen LogP contribution in [0.25, 0.3) is 10.7 Å². The molecule has 0 radical (unpaired) electrons. The minimum absolute atomic E-state index is 0.0257. The van der Waals surface area contributed by atoms with Crippen molar-refractivity contribution in [2.75, 3.05) is 11.1 Å². The van der Waals surface area contributed by atoms with Crippen molar-refractivity contribution in [2.24, 2.45) is 0 Å². The zero-order valence-corrected chi connectivity index (χ0v) is 16.1. The molecule has 26 heavy (non-hydrogen) atoms. The lowest BCUT2D eigenvalue weighted by Gasteiger charge is -2.08. The molecule has 0 bridgehead atoms. The van der Waals surface area contributed by atoms with Crippen molar-refractivity contribution in [3.8, 4) is 10.7 Å². The van der Waals surface area contributed by atoms with Gasteiger partial charge in [0, 0.05) is 11.7 Å². The van der Waals surface area contributed by atoms with E-state index in [2.05, 4.69) is 33.1 Å². The van der Waals surface area contributed by atoms with E-state index in [1.165, 1.54) is 17.3 Å². The van der Waals surface area contributed by atoms with Crippen LogP contribution in [-0.2, 0) is 11.2 Å². The molecule has 1 aliphatic rings. The maximum absolute atomic E-state index is 12.3. The number of rotatable bonds is 7.